The molecule has 0 saturated carbocycles. The molecule has 1 aromatic rings. The zero-order valence-electron chi connectivity index (χ0n) is 8.88. The summed E-state index contributed by atoms with van der Waals surface area (Å²) in [7, 11) is 0. The largest absolute Gasteiger partial charge is 0.326 e. The number of halogens is 1. The third-order valence-electron chi connectivity index (χ3n) is 2.90. The molecule has 0 aromatic heterocycles. The van der Waals surface area contributed by atoms with Gasteiger partial charge in [-0.25, -0.2) is 0 Å². The lowest BCUT2D eigenvalue weighted by Crippen LogP contribution is -2.25. The van der Waals surface area contributed by atoms with Crippen LogP contribution in [0, 0.1) is 5.92 Å². The lowest BCUT2D eigenvalue weighted by Gasteiger charge is -2.28. The van der Waals surface area contributed by atoms with E-state index in [4.69, 9.17) is 11.6 Å². The Hall–Kier alpha value is -1.02. The Morgan fingerprint density at radius 3 is 2.87 bits per heavy atom. The molecule has 0 saturated heterocycles. The van der Waals surface area contributed by atoms with Gasteiger partial charge in [-0.2, -0.15) is 0 Å². The van der Waals surface area contributed by atoms with Gasteiger partial charge >= 0.3 is 0 Å². The van der Waals surface area contributed by atoms with E-state index in [2.05, 4.69) is 19.2 Å². The molecule has 1 amide bonds. The van der Waals surface area contributed by atoms with Crippen molar-refractivity contribution in [3.05, 3.63) is 28.8 Å². The summed E-state index contributed by atoms with van der Waals surface area (Å²) in [5.41, 5.74) is 2.08. The number of anilines is 1. The standard InChI is InChI=1S/C12H14ClNO/c1-7(2)9-6-12(15)14-11-4-3-8(13)5-10(9)11/h3-5,7,9H,6H2,1-2H3,(H,14,15). The molecule has 1 heterocycles. The summed E-state index contributed by atoms with van der Waals surface area (Å²) >= 11 is 5.97. The highest BCUT2D eigenvalue weighted by Gasteiger charge is 2.27. The van der Waals surface area contributed by atoms with Gasteiger partial charge in [0.2, 0.25) is 5.91 Å². The Morgan fingerprint density at radius 1 is 1.47 bits per heavy atom. The molecular weight excluding hydrogens is 210 g/mol. The lowest BCUT2D eigenvalue weighted by molar-refractivity contribution is -0.117. The third-order valence-corrected chi connectivity index (χ3v) is 3.13. The highest BCUT2D eigenvalue weighted by atomic mass is 35.5. The molecule has 3 heteroatoms. The molecule has 1 aromatic carbocycles. The predicted molar refractivity (Wildman–Crippen MR) is 62.3 cm³/mol. The molecular formula is C12H14ClNO. The minimum Gasteiger partial charge on any atom is -0.326 e. The number of benzene rings is 1. The van der Waals surface area contributed by atoms with Crippen molar-refractivity contribution in [2.45, 2.75) is 26.2 Å². The monoisotopic (exact) mass is 223 g/mol. The highest BCUT2D eigenvalue weighted by Crippen LogP contribution is 2.38. The van der Waals surface area contributed by atoms with Crippen LogP contribution in [0.1, 0.15) is 31.7 Å². The topological polar surface area (TPSA) is 29.1 Å². The molecule has 1 aliphatic rings. The van der Waals surface area contributed by atoms with Crippen molar-refractivity contribution < 1.29 is 4.79 Å². The molecule has 15 heavy (non-hydrogen) atoms. The first kappa shape index (κ1) is 10.5. The first-order chi connectivity index (χ1) is 7.08. The summed E-state index contributed by atoms with van der Waals surface area (Å²) in [6, 6.07) is 5.65. The van der Waals surface area contributed by atoms with Crippen molar-refractivity contribution in [3.8, 4) is 0 Å². The Balaban J connectivity index is 2.47. The number of carbonyl (C=O) groups is 1. The van der Waals surface area contributed by atoms with Crippen LogP contribution in [0.2, 0.25) is 5.02 Å². The van der Waals surface area contributed by atoms with Gasteiger partial charge in [-0.15, -0.1) is 0 Å². The summed E-state index contributed by atoms with van der Waals surface area (Å²) in [6.45, 7) is 4.27. The number of nitrogens with one attached hydrogen (secondary N) is 1. The smallest absolute Gasteiger partial charge is 0.225 e. The zero-order valence-corrected chi connectivity index (χ0v) is 9.64. The van der Waals surface area contributed by atoms with Gasteiger partial charge in [-0.1, -0.05) is 25.4 Å². The van der Waals surface area contributed by atoms with Crippen LogP contribution in [0.15, 0.2) is 18.2 Å². The summed E-state index contributed by atoms with van der Waals surface area (Å²) in [4.78, 5) is 11.5. The molecule has 1 aliphatic heterocycles. The van der Waals surface area contributed by atoms with E-state index in [1.807, 2.05) is 18.2 Å². The van der Waals surface area contributed by atoms with Gasteiger partial charge in [0, 0.05) is 17.1 Å². The van der Waals surface area contributed by atoms with Crippen LogP contribution in [-0.2, 0) is 4.79 Å². The van der Waals surface area contributed by atoms with Crippen LogP contribution in [0.25, 0.3) is 0 Å². The highest BCUT2D eigenvalue weighted by molar-refractivity contribution is 6.30. The molecule has 1 atom stereocenters. The summed E-state index contributed by atoms with van der Waals surface area (Å²) in [6.07, 6.45) is 0.561. The number of rotatable bonds is 1. The molecule has 0 aliphatic carbocycles. The van der Waals surface area contributed by atoms with Crippen molar-refractivity contribution in [1.29, 1.82) is 0 Å². The minimum atomic E-state index is 0.100. The molecule has 0 bridgehead atoms. The molecule has 2 nitrogen and oxygen atoms in total. The Kier molecular flexibility index (Phi) is 2.70. The minimum absolute atomic E-state index is 0.100. The quantitative estimate of drug-likeness (QED) is 0.777. The molecule has 0 radical (unpaired) electrons. The molecule has 80 valence electrons. The number of amides is 1. The van der Waals surface area contributed by atoms with E-state index < -0.39 is 0 Å². The third kappa shape index (κ3) is 2.00. The maximum Gasteiger partial charge on any atom is 0.225 e. The predicted octanol–water partition coefficient (Wildman–Crippen LogP) is 3.42. The van der Waals surface area contributed by atoms with Crippen molar-refractivity contribution in [2.75, 3.05) is 5.32 Å². The van der Waals surface area contributed by atoms with Crippen LogP contribution >= 0.6 is 11.6 Å². The summed E-state index contributed by atoms with van der Waals surface area (Å²) in [5.74, 6) is 0.837. The molecule has 1 unspecified atom stereocenters. The van der Waals surface area contributed by atoms with Gasteiger partial charge in [0.1, 0.15) is 0 Å². The second kappa shape index (κ2) is 3.86. The van der Waals surface area contributed by atoms with Gasteiger partial charge in [0.25, 0.3) is 0 Å². The van der Waals surface area contributed by atoms with Gasteiger partial charge in [0.05, 0.1) is 0 Å². The fraction of sp³-hybridized carbons (Fsp3) is 0.417. The Morgan fingerprint density at radius 2 is 2.20 bits per heavy atom. The van der Waals surface area contributed by atoms with Crippen LogP contribution in [0.3, 0.4) is 0 Å². The van der Waals surface area contributed by atoms with Crippen molar-refractivity contribution in [2.24, 2.45) is 5.92 Å². The summed E-state index contributed by atoms with van der Waals surface area (Å²) in [5, 5.41) is 3.61. The van der Waals surface area contributed by atoms with E-state index in [1.54, 1.807) is 0 Å². The van der Waals surface area contributed by atoms with Gasteiger partial charge < -0.3 is 5.32 Å². The second-order valence-corrected chi connectivity index (χ2v) is 4.77. The van der Waals surface area contributed by atoms with Crippen LogP contribution in [0.5, 0.6) is 0 Å². The van der Waals surface area contributed by atoms with E-state index in [1.165, 1.54) is 0 Å². The Labute approximate surface area is 94.6 Å². The first-order valence-electron chi connectivity index (χ1n) is 5.17. The lowest BCUT2D eigenvalue weighted by atomic mass is 9.82. The fourth-order valence-electron chi connectivity index (χ4n) is 2.06. The molecule has 2 rings (SSSR count). The molecule has 0 fully saturated rings. The van der Waals surface area contributed by atoms with E-state index in [0.29, 0.717) is 12.3 Å². The Bertz CT molecular complexity index is 401. The zero-order chi connectivity index (χ0) is 11.0. The van der Waals surface area contributed by atoms with Gasteiger partial charge in [-0.05, 0) is 35.6 Å². The first-order valence-corrected chi connectivity index (χ1v) is 5.55. The maximum atomic E-state index is 11.5. The summed E-state index contributed by atoms with van der Waals surface area (Å²) < 4.78 is 0. The number of fused-ring (bicyclic) bond motifs is 1. The normalized spacial score (nSPS) is 20.0. The fourth-order valence-corrected chi connectivity index (χ4v) is 2.24. The number of hydrogen-bond acceptors (Lipinski definition) is 1. The van der Waals surface area contributed by atoms with Crippen LogP contribution in [0.4, 0.5) is 5.69 Å². The average molecular weight is 224 g/mol. The SMILES string of the molecule is CC(C)C1CC(=O)Nc2ccc(Cl)cc21. The van der Waals surface area contributed by atoms with E-state index >= 15 is 0 Å². The van der Waals surface area contributed by atoms with E-state index in [0.717, 1.165) is 16.3 Å². The van der Waals surface area contributed by atoms with Crippen molar-refractivity contribution >= 4 is 23.2 Å². The van der Waals surface area contributed by atoms with E-state index in [9.17, 15) is 4.79 Å². The van der Waals surface area contributed by atoms with Crippen molar-refractivity contribution in [1.82, 2.24) is 0 Å². The van der Waals surface area contributed by atoms with Crippen molar-refractivity contribution in [3.63, 3.8) is 0 Å². The molecule has 1 N–H and O–H groups in total. The number of carbonyl (C=O) groups excluding carboxylic acids is 1. The maximum absolute atomic E-state index is 11.5. The molecule has 0 spiro atoms. The van der Waals surface area contributed by atoms with Gasteiger partial charge in [0.15, 0.2) is 0 Å². The van der Waals surface area contributed by atoms with Crippen LogP contribution in [-0.4, -0.2) is 5.91 Å². The van der Waals surface area contributed by atoms with Gasteiger partial charge in [-0.3, -0.25) is 4.79 Å². The average Bonchev–Trinajstić information content (AvgIpc) is 2.17. The van der Waals surface area contributed by atoms with E-state index in [-0.39, 0.29) is 11.8 Å². The van der Waals surface area contributed by atoms with Crippen LogP contribution < -0.4 is 5.32 Å². The second-order valence-electron chi connectivity index (χ2n) is 4.33. The number of hydrogen-bond donors (Lipinski definition) is 1.